The number of carboxylic acid groups (broad SMARTS) is 1. The molecule has 5 nitrogen and oxygen atoms in total. The minimum Gasteiger partial charge on any atom is -0.465 e. The van der Waals surface area contributed by atoms with Gasteiger partial charge in [0.05, 0.1) is 0 Å². The second kappa shape index (κ2) is 2.69. The second-order valence-electron chi connectivity index (χ2n) is 3.08. The van der Waals surface area contributed by atoms with Gasteiger partial charge in [0.25, 0.3) is 0 Å². The molecule has 68 valence electrons. The van der Waals surface area contributed by atoms with Crippen molar-refractivity contribution >= 4 is 6.09 Å². The number of nitrogens with one attached hydrogen (secondary N) is 1. The summed E-state index contributed by atoms with van der Waals surface area (Å²) in [4.78, 5) is 18.5. The smallest absolute Gasteiger partial charge is 0.405 e. The molecule has 0 bridgehead atoms. The minimum atomic E-state index is -1.02. The van der Waals surface area contributed by atoms with Crippen LogP contribution in [0.4, 0.5) is 4.79 Å². The highest BCUT2D eigenvalue weighted by Crippen LogP contribution is 2.43. The molecule has 1 aromatic rings. The molecule has 1 aliphatic rings. The molecule has 0 spiro atoms. The molecule has 0 atom stereocenters. The van der Waals surface area contributed by atoms with Crippen molar-refractivity contribution in [3.05, 3.63) is 24.3 Å². The van der Waals surface area contributed by atoms with Crippen LogP contribution in [0.5, 0.6) is 0 Å². The molecule has 1 saturated carbocycles. The molecule has 1 aliphatic carbocycles. The van der Waals surface area contributed by atoms with Gasteiger partial charge in [-0.15, -0.1) is 0 Å². The average Bonchev–Trinajstić information content (AvgIpc) is 2.86. The fourth-order valence-electron chi connectivity index (χ4n) is 1.28. The summed E-state index contributed by atoms with van der Waals surface area (Å²) in [7, 11) is 0. The molecule has 0 aromatic carbocycles. The molecule has 5 heteroatoms. The number of carbonyl (C=O) groups is 1. The van der Waals surface area contributed by atoms with Crippen LogP contribution in [0.3, 0.4) is 0 Å². The topological polar surface area (TPSA) is 75.1 Å². The lowest BCUT2D eigenvalue weighted by Gasteiger charge is -2.12. The van der Waals surface area contributed by atoms with E-state index in [1.54, 1.807) is 18.5 Å². The highest BCUT2D eigenvalue weighted by molar-refractivity contribution is 5.66. The van der Waals surface area contributed by atoms with E-state index >= 15 is 0 Å². The summed E-state index contributed by atoms with van der Waals surface area (Å²) >= 11 is 0. The predicted molar refractivity (Wildman–Crippen MR) is 44.1 cm³/mol. The van der Waals surface area contributed by atoms with E-state index in [2.05, 4.69) is 15.3 Å². The van der Waals surface area contributed by atoms with Crippen LogP contribution in [0, 0.1) is 0 Å². The highest BCUT2D eigenvalue weighted by atomic mass is 16.4. The van der Waals surface area contributed by atoms with Crippen molar-refractivity contribution in [2.75, 3.05) is 0 Å². The van der Waals surface area contributed by atoms with Gasteiger partial charge in [-0.25, -0.2) is 14.8 Å². The maximum absolute atomic E-state index is 10.5. The summed E-state index contributed by atoms with van der Waals surface area (Å²) in [5, 5.41) is 11.0. The van der Waals surface area contributed by atoms with Gasteiger partial charge in [-0.3, -0.25) is 0 Å². The maximum atomic E-state index is 10.5. The predicted octanol–water partition coefficient (Wildman–Crippen LogP) is 0.733. The van der Waals surface area contributed by atoms with Crippen LogP contribution in [0.25, 0.3) is 0 Å². The first-order chi connectivity index (χ1) is 6.23. The van der Waals surface area contributed by atoms with E-state index in [4.69, 9.17) is 5.11 Å². The fourth-order valence-corrected chi connectivity index (χ4v) is 1.28. The zero-order valence-electron chi connectivity index (χ0n) is 6.90. The van der Waals surface area contributed by atoms with Crippen LogP contribution in [0.15, 0.2) is 18.5 Å². The van der Waals surface area contributed by atoms with Crippen molar-refractivity contribution in [1.29, 1.82) is 0 Å². The van der Waals surface area contributed by atoms with Crippen LogP contribution in [-0.4, -0.2) is 21.2 Å². The van der Waals surface area contributed by atoms with Crippen molar-refractivity contribution in [1.82, 2.24) is 15.3 Å². The Bertz CT molecular complexity index is 321. The standard InChI is InChI=1S/C8H9N3O2/c12-7(13)11-8(2-3-8)6-9-4-1-5-10-6/h1,4-5,11H,2-3H2,(H,12,13). The average molecular weight is 179 g/mol. The quantitative estimate of drug-likeness (QED) is 0.701. The zero-order valence-corrected chi connectivity index (χ0v) is 6.90. The lowest BCUT2D eigenvalue weighted by Crippen LogP contribution is -2.34. The van der Waals surface area contributed by atoms with E-state index in [1.165, 1.54) is 0 Å². The third-order valence-electron chi connectivity index (χ3n) is 2.09. The minimum absolute atomic E-state index is 0.507. The number of hydrogen-bond acceptors (Lipinski definition) is 3. The molecular formula is C8H9N3O2. The van der Waals surface area contributed by atoms with Crippen molar-refractivity contribution in [2.24, 2.45) is 0 Å². The summed E-state index contributed by atoms with van der Waals surface area (Å²) < 4.78 is 0. The molecule has 0 aliphatic heterocycles. The summed E-state index contributed by atoms with van der Waals surface area (Å²) in [5.41, 5.74) is -0.507. The van der Waals surface area contributed by atoms with Crippen molar-refractivity contribution < 1.29 is 9.90 Å². The van der Waals surface area contributed by atoms with Crippen molar-refractivity contribution in [3.8, 4) is 0 Å². The molecular weight excluding hydrogens is 170 g/mol. The van der Waals surface area contributed by atoms with Gasteiger partial charge in [-0.1, -0.05) is 0 Å². The van der Waals surface area contributed by atoms with Gasteiger partial charge in [-0.05, 0) is 18.9 Å². The van der Waals surface area contributed by atoms with E-state index in [0.29, 0.717) is 5.82 Å². The Labute approximate surface area is 74.8 Å². The number of hydrogen-bond donors (Lipinski definition) is 2. The van der Waals surface area contributed by atoms with Crippen molar-refractivity contribution in [3.63, 3.8) is 0 Å². The summed E-state index contributed by atoms with van der Waals surface area (Å²) in [6.07, 6.45) is 3.77. The van der Waals surface area contributed by atoms with Gasteiger partial charge < -0.3 is 10.4 Å². The van der Waals surface area contributed by atoms with Gasteiger partial charge in [0.1, 0.15) is 5.54 Å². The van der Waals surface area contributed by atoms with E-state index in [-0.39, 0.29) is 0 Å². The van der Waals surface area contributed by atoms with Crippen LogP contribution in [-0.2, 0) is 5.54 Å². The Balaban J connectivity index is 2.21. The molecule has 1 amide bonds. The molecule has 2 rings (SSSR count). The molecule has 0 saturated heterocycles. The third kappa shape index (κ3) is 1.44. The molecule has 1 fully saturated rings. The molecule has 0 unspecified atom stereocenters. The van der Waals surface area contributed by atoms with Crippen LogP contribution >= 0.6 is 0 Å². The SMILES string of the molecule is O=C(O)NC1(c2ncccn2)CC1. The Morgan fingerprint density at radius 3 is 2.54 bits per heavy atom. The Kier molecular flexibility index (Phi) is 1.65. The fraction of sp³-hybridized carbons (Fsp3) is 0.375. The Hall–Kier alpha value is -1.65. The summed E-state index contributed by atoms with van der Waals surface area (Å²) in [6, 6.07) is 1.71. The number of rotatable bonds is 2. The molecule has 1 heterocycles. The lowest BCUT2D eigenvalue weighted by atomic mass is 10.2. The largest absolute Gasteiger partial charge is 0.465 e. The third-order valence-corrected chi connectivity index (χ3v) is 2.09. The first kappa shape index (κ1) is 7.97. The van der Waals surface area contributed by atoms with E-state index < -0.39 is 11.6 Å². The van der Waals surface area contributed by atoms with E-state index in [9.17, 15) is 4.79 Å². The van der Waals surface area contributed by atoms with E-state index in [1.807, 2.05) is 0 Å². The van der Waals surface area contributed by atoms with Crippen LogP contribution in [0.2, 0.25) is 0 Å². The Morgan fingerprint density at radius 2 is 2.08 bits per heavy atom. The second-order valence-corrected chi connectivity index (χ2v) is 3.08. The van der Waals surface area contributed by atoms with Crippen LogP contribution in [0.1, 0.15) is 18.7 Å². The monoisotopic (exact) mass is 179 g/mol. The first-order valence-corrected chi connectivity index (χ1v) is 4.02. The van der Waals surface area contributed by atoms with Gasteiger partial charge in [-0.2, -0.15) is 0 Å². The molecule has 1 aromatic heterocycles. The molecule has 13 heavy (non-hydrogen) atoms. The highest BCUT2D eigenvalue weighted by Gasteiger charge is 2.48. The zero-order chi connectivity index (χ0) is 9.31. The molecule has 0 radical (unpaired) electrons. The maximum Gasteiger partial charge on any atom is 0.405 e. The summed E-state index contributed by atoms with van der Waals surface area (Å²) in [6.45, 7) is 0. The first-order valence-electron chi connectivity index (χ1n) is 4.02. The van der Waals surface area contributed by atoms with Gasteiger partial charge in [0.15, 0.2) is 5.82 Å². The Morgan fingerprint density at radius 1 is 1.46 bits per heavy atom. The van der Waals surface area contributed by atoms with Gasteiger partial charge in [0.2, 0.25) is 0 Å². The van der Waals surface area contributed by atoms with Gasteiger partial charge >= 0.3 is 6.09 Å². The summed E-state index contributed by atoms with van der Waals surface area (Å²) in [5.74, 6) is 0.567. The molecule has 2 N–H and O–H groups in total. The van der Waals surface area contributed by atoms with Gasteiger partial charge in [0, 0.05) is 12.4 Å². The van der Waals surface area contributed by atoms with Crippen molar-refractivity contribution in [2.45, 2.75) is 18.4 Å². The number of nitrogens with zero attached hydrogens (tertiary/aromatic N) is 2. The van der Waals surface area contributed by atoms with E-state index in [0.717, 1.165) is 12.8 Å². The lowest BCUT2D eigenvalue weighted by molar-refractivity contribution is 0.187. The number of amides is 1. The normalized spacial score (nSPS) is 17.8. The number of aromatic nitrogens is 2. The van der Waals surface area contributed by atoms with Crippen LogP contribution < -0.4 is 5.32 Å².